The first kappa shape index (κ1) is 18.7. The molecule has 1 aromatic heterocycles. The van der Waals surface area contributed by atoms with E-state index in [1.807, 2.05) is 25.1 Å². The summed E-state index contributed by atoms with van der Waals surface area (Å²) in [6.07, 6.45) is 1.63. The summed E-state index contributed by atoms with van der Waals surface area (Å²) in [5.74, 6) is -0.369. The number of pyridine rings is 1. The minimum atomic E-state index is -0.192. The highest BCUT2D eigenvalue weighted by molar-refractivity contribution is 6.34. The van der Waals surface area contributed by atoms with Gasteiger partial charge in [-0.2, -0.15) is 0 Å². The van der Waals surface area contributed by atoms with Crippen molar-refractivity contribution in [2.45, 2.75) is 6.92 Å². The van der Waals surface area contributed by atoms with E-state index in [9.17, 15) is 9.59 Å². The van der Waals surface area contributed by atoms with Crippen LogP contribution in [0.15, 0.2) is 48.7 Å². The number of amides is 2. The van der Waals surface area contributed by atoms with Crippen LogP contribution in [-0.2, 0) is 4.79 Å². The van der Waals surface area contributed by atoms with Gasteiger partial charge in [0.25, 0.3) is 5.91 Å². The van der Waals surface area contributed by atoms with Crippen molar-refractivity contribution in [2.75, 3.05) is 24.2 Å². The summed E-state index contributed by atoms with van der Waals surface area (Å²) in [4.78, 5) is 28.1. The van der Waals surface area contributed by atoms with Gasteiger partial charge in [-0.3, -0.25) is 9.59 Å². The van der Waals surface area contributed by atoms with Gasteiger partial charge in [0.1, 0.15) is 5.15 Å². The average molecular weight is 383 g/mol. The molecular weight excluding hydrogens is 364 g/mol. The summed E-state index contributed by atoms with van der Waals surface area (Å²) < 4.78 is 0. The molecule has 0 unspecified atom stereocenters. The van der Waals surface area contributed by atoms with Gasteiger partial charge in [0.05, 0.1) is 6.54 Å². The summed E-state index contributed by atoms with van der Waals surface area (Å²) in [5.41, 5.74) is 2.83. The first-order valence-electron chi connectivity index (χ1n) is 8.38. The van der Waals surface area contributed by atoms with Crippen molar-refractivity contribution in [3.8, 4) is 0 Å². The van der Waals surface area contributed by atoms with Crippen LogP contribution in [0.1, 0.15) is 15.9 Å². The Balaban J connectivity index is 1.69. The summed E-state index contributed by atoms with van der Waals surface area (Å²) in [5, 5.41) is 10.7. The quantitative estimate of drug-likeness (QED) is 0.589. The zero-order valence-electron chi connectivity index (χ0n) is 15.0. The first-order valence-corrected chi connectivity index (χ1v) is 8.76. The van der Waals surface area contributed by atoms with Crippen LogP contribution in [0, 0.1) is 6.92 Å². The third-order valence-corrected chi connectivity index (χ3v) is 4.44. The van der Waals surface area contributed by atoms with Crippen LogP contribution in [0.2, 0.25) is 5.15 Å². The standard InChI is InChI=1S/C20H19ClN4O2/c1-12-8-16-13(6-7-23-19(16)21)10-17(12)25-18(26)11-24-15-5-3-4-14(9-15)20(27)22-2/h3-10,24H,11H2,1-2H3,(H,22,27)(H,25,26). The summed E-state index contributed by atoms with van der Waals surface area (Å²) in [7, 11) is 1.57. The molecule has 0 fully saturated rings. The molecule has 0 aliphatic rings. The lowest BCUT2D eigenvalue weighted by Crippen LogP contribution is -2.22. The second-order valence-electron chi connectivity index (χ2n) is 6.05. The number of carbonyl (C=O) groups is 2. The third-order valence-electron chi connectivity index (χ3n) is 4.14. The zero-order valence-corrected chi connectivity index (χ0v) is 15.7. The van der Waals surface area contributed by atoms with Crippen molar-refractivity contribution in [1.82, 2.24) is 10.3 Å². The Kier molecular flexibility index (Phi) is 5.57. The molecule has 2 aromatic carbocycles. The van der Waals surface area contributed by atoms with Gasteiger partial charge >= 0.3 is 0 Å². The molecule has 0 spiro atoms. The molecule has 7 heteroatoms. The number of nitrogens with one attached hydrogen (secondary N) is 3. The number of nitrogens with zero attached hydrogens (tertiary/aromatic N) is 1. The predicted octanol–water partition coefficient (Wildman–Crippen LogP) is 3.61. The van der Waals surface area contributed by atoms with Crippen LogP contribution in [0.5, 0.6) is 0 Å². The highest BCUT2D eigenvalue weighted by atomic mass is 35.5. The number of carbonyl (C=O) groups excluding carboxylic acids is 2. The number of aromatic nitrogens is 1. The van der Waals surface area contributed by atoms with Gasteiger partial charge in [0, 0.05) is 35.6 Å². The van der Waals surface area contributed by atoms with Gasteiger partial charge in [-0.15, -0.1) is 0 Å². The fourth-order valence-electron chi connectivity index (χ4n) is 2.72. The Morgan fingerprint density at radius 1 is 1.15 bits per heavy atom. The molecular formula is C20H19ClN4O2. The fourth-order valence-corrected chi connectivity index (χ4v) is 2.94. The number of benzene rings is 2. The summed E-state index contributed by atoms with van der Waals surface area (Å²) >= 11 is 6.11. The lowest BCUT2D eigenvalue weighted by Gasteiger charge is -2.12. The fraction of sp³-hybridized carbons (Fsp3) is 0.150. The molecule has 0 aliphatic heterocycles. The monoisotopic (exact) mass is 382 g/mol. The molecule has 3 aromatic rings. The number of halogens is 1. The van der Waals surface area contributed by atoms with E-state index in [-0.39, 0.29) is 18.4 Å². The van der Waals surface area contributed by atoms with Gasteiger partial charge in [-0.05, 0) is 54.3 Å². The molecule has 27 heavy (non-hydrogen) atoms. The first-order chi connectivity index (χ1) is 13.0. The van der Waals surface area contributed by atoms with Gasteiger partial charge in [0.2, 0.25) is 5.91 Å². The van der Waals surface area contributed by atoms with Crippen molar-refractivity contribution >= 4 is 45.6 Å². The van der Waals surface area contributed by atoms with Crippen molar-refractivity contribution in [2.24, 2.45) is 0 Å². The van der Waals surface area contributed by atoms with E-state index in [4.69, 9.17) is 11.6 Å². The van der Waals surface area contributed by atoms with E-state index in [2.05, 4.69) is 20.9 Å². The molecule has 0 saturated carbocycles. The Hall–Kier alpha value is -3.12. The number of aryl methyl sites for hydroxylation is 1. The maximum atomic E-state index is 12.3. The molecule has 0 atom stereocenters. The number of hydrogen-bond acceptors (Lipinski definition) is 4. The van der Waals surface area contributed by atoms with Gasteiger partial charge in [0.15, 0.2) is 0 Å². The number of hydrogen-bond donors (Lipinski definition) is 3. The van der Waals surface area contributed by atoms with Crippen LogP contribution in [-0.4, -0.2) is 30.4 Å². The predicted molar refractivity (Wildman–Crippen MR) is 108 cm³/mol. The normalized spacial score (nSPS) is 10.5. The van der Waals surface area contributed by atoms with Crippen LogP contribution in [0.3, 0.4) is 0 Å². The van der Waals surface area contributed by atoms with E-state index < -0.39 is 0 Å². The molecule has 6 nitrogen and oxygen atoms in total. The molecule has 0 aliphatic carbocycles. The molecule has 3 rings (SSSR count). The smallest absolute Gasteiger partial charge is 0.251 e. The van der Waals surface area contributed by atoms with E-state index in [0.717, 1.165) is 22.0 Å². The number of rotatable bonds is 5. The Labute approximate surface area is 161 Å². The van der Waals surface area contributed by atoms with Crippen molar-refractivity contribution < 1.29 is 9.59 Å². The van der Waals surface area contributed by atoms with Gasteiger partial charge in [-0.1, -0.05) is 17.7 Å². The summed E-state index contributed by atoms with van der Waals surface area (Å²) in [6, 6.07) is 12.6. The summed E-state index contributed by atoms with van der Waals surface area (Å²) in [6.45, 7) is 1.98. The molecule has 138 valence electrons. The number of fused-ring (bicyclic) bond motifs is 1. The molecule has 0 saturated heterocycles. The van der Waals surface area contributed by atoms with Crippen molar-refractivity contribution in [3.63, 3.8) is 0 Å². The topological polar surface area (TPSA) is 83.1 Å². The SMILES string of the molecule is CNC(=O)c1cccc(NCC(=O)Nc2cc3ccnc(Cl)c3cc2C)c1. The van der Waals surface area contributed by atoms with Crippen LogP contribution >= 0.6 is 11.6 Å². The second kappa shape index (κ2) is 8.05. The van der Waals surface area contributed by atoms with Gasteiger partial charge < -0.3 is 16.0 Å². The molecule has 2 amide bonds. The molecule has 3 N–H and O–H groups in total. The van der Waals surface area contributed by atoms with E-state index in [1.165, 1.54) is 0 Å². The average Bonchev–Trinajstić information content (AvgIpc) is 2.67. The maximum Gasteiger partial charge on any atom is 0.251 e. The lowest BCUT2D eigenvalue weighted by molar-refractivity contribution is -0.114. The van der Waals surface area contributed by atoms with Crippen LogP contribution in [0.25, 0.3) is 10.8 Å². The van der Waals surface area contributed by atoms with Crippen LogP contribution in [0.4, 0.5) is 11.4 Å². The largest absolute Gasteiger partial charge is 0.376 e. The minimum absolute atomic E-state index is 0.0752. The number of anilines is 2. The molecule has 1 heterocycles. The maximum absolute atomic E-state index is 12.3. The van der Waals surface area contributed by atoms with E-state index >= 15 is 0 Å². The lowest BCUT2D eigenvalue weighted by atomic mass is 10.1. The third kappa shape index (κ3) is 4.35. The molecule has 0 bridgehead atoms. The van der Waals surface area contributed by atoms with Gasteiger partial charge in [-0.25, -0.2) is 4.98 Å². The Morgan fingerprint density at radius 2 is 1.96 bits per heavy atom. The van der Waals surface area contributed by atoms with Crippen molar-refractivity contribution in [1.29, 1.82) is 0 Å². The molecule has 0 radical (unpaired) electrons. The minimum Gasteiger partial charge on any atom is -0.376 e. The van der Waals surface area contributed by atoms with Crippen molar-refractivity contribution in [3.05, 3.63) is 64.9 Å². The van der Waals surface area contributed by atoms with E-state index in [0.29, 0.717) is 16.4 Å². The highest BCUT2D eigenvalue weighted by Gasteiger charge is 2.09. The Morgan fingerprint density at radius 3 is 2.74 bits per heavy atom. The highest BCUT2D eigenvalue weighted by Crippen LogP contribution is 2.27. The zero-order chi connectivity index (χ0) is 19.4. The van der Waals surface area contributed by atoms with E-state index in [1.54, 1.807) is 37.5 Å². The van der Waals surface area contributed by atoms with Crippen LogP contribution < -0.4 is 16.0 Å². The second-order valence-corrected chi connectivity index (χ2v) is 6.41. The Bertz CT molecular complexity index is 1020.